The molecule has 0 radical (unpaired) electrons. The van der Waals surface area contributed by atoms with E-state index in [0.717, 1.165) is 17.0 Å². The first kappa shape index (κ1) is 11.0. The van der Waals surface area contributed by atoms with Crippen LogP contribution < -0.4 is 4.90 Å². The number of halogens is 1. The molecule has 0 amide bonds. The maximum atomic E-state index is 9.40. The maximum absolute atomic E-state index is 9.40. The van der Waals surface area contributed by atoms with E-state index >= 15 is 0 Å². The number of fused-ring (bicyclic) bond motifs is 1. The van der Waals surface area contributed by atoms with E-state index in [1.54, 1.807) is 23.9 Å². The summed E-state index contributed by atoms with van der Waals surface area (Å²) < 4.78 is 0. The van der Waals surface area contributed by atoms with Gasteiger partial charge in [0.2, 0.25) is 0 Å². The Kier molecular flexibility index (Phi) is 3.03. The average molecular weight is 244 g/mol. The molecule has 1 heterocycles. The number of phenolic OH excluding ortho intramolecular Hbond substituents is 1. The third kappa shape index (κ3) is 1.91. The summed E-state index contributed by atoms with van der Waals surface area (Å²) in [4.78, 5) is 3.31. The molecule has 1 aliphatic rings. The number of thioether (sulfide) groups is 1. The molecule has 2 nitrogen and oxygen atoms in total. The molecule has 1 N–H and O–H groups in total. The SMILES string of the molecule is CCC(Cl)N1c2ccc(O)cc2SC1C. The second-order valence-electron chi connectivity index (χ2n) is 3.62. The number of rotatable bonds is 2. The highest BCUT2D eigenvalue weighted by Gasteiger charge is 2.30. The highest BCUT2D eigenvalue weighted by molar-refractivity contribution is 8.00. The Bertz CT molecular complexity index is 372. The van der Waals surface area contributed by atoms with Gasteiger partial charge in [-0.15, -0.1) is 0 Å². The lowest BCUT2D eigenvalue weighted by Crippen LogP contribution is -2.33. The van der Waals surface area contributed by atoms with Gasteiger partial charge >= 0.3 is 0 Å². The number of hydrogen-bond donors (Lipinski definition) is 1. The highest BCUT2D eigenvalue weighted by atomic mass is 35.5. The summed E-state index contributed by atoms with van der Waals surface area (Å²) in [6.45, 7) is 4.21. The van der Waals surface area contributed by atoms with E-state index in [2.05, 4.69) is 18.7 Å². The van der Waals surface area contributed by atoms with Crippen molar-refractivity contribution in [2.75, 3.05) is 4.90 Å². The van der Waals surface area contributed by atoms with Gasteiger partial charge in [-0.25, -0.2) is 0 Å². The summed E-state index contributed by atoms with van der Waals surface area (Å²) in [5.41, 5.74) is 1.16. The topological polar surface area (TPSA) is 23.5 Å². The van der Waals surface area contributed by atoms with E-state index in [1.807, 2.05) is 6.07 Å². The van der Waals surface area contributed by atoms with Crippen molar-refractivity contribution >= 4 is 29.1 Å². The average Bonchev–Trinajstić information content (AvgIpc) is 2.52. The molecule has 0 aromatic heterocycles. The van der Waals surface area contributed by atoms with E-state index in [4.69, 9.17) is 11.6 Å². The van der Waals surface area contributed by atoms with Crippen molar-refractivity contribution in [2.24, 2.45) is 0 Å². The van der Waals surface area contributed by atoms with E-state index < -0.39 is 0 Å². The zero-order valence-electron chi connectivity index (χ0n) is 8.77. The zero-order chi connectivity index (χ0) is 11.0. The lowest BCUT2D eigenvalue weighted by Gasteiger charge is -2.28. The molecule has 0 spiro atoms. The summed E-state index contributed by atoms with van der Waals surface area (Å²) in [5.74, 6) is 0.318. The maximum Gasteiger partial charge on any atom is 0.116 e. The van der Waals surface area contributed by atoms with Crippen molar-refractivity contribution in [3.8, 4) is 5.75 Å². The number of nitrogens with zero attached hydrogens (tertiary/aromatic N) is 1. The van der Waals surface area contributed by atoms with Gasteiger partial charge < -0.3 is 10.0 Å². The Morgan fingerprint density at radius 3 is 3.00 bits per heavy atom. The van der Waals surface area contributed by atoms with Crippen LogP contribution in [-0.2, 0) is 0 Å². The van der Waals surface area contributed by atoms with Crippen LogP contribution in [0.25, 0.3) is 0 Å². The fourth-order valence-electron chi connectivity index (χ4n) is 1.82. The van der Waals surface area contributed by atoms with Gasteiger partial charge in [-0.05, 0) is 31.5 Å². The smallest absolute Gasteiger partial charge is 0.116 e. The molecule has 1 aromatic carbocycles. The van der Waals surface area contributed by atoms with Crippen LogP contribution in [0.15, 0.2) is 23.1 Å². The number of hydrogen-bond acceptors (Lipinski definition) is 3. The van der Waals surface area contributed by atoms with Crippen molar-refractivity contribution in [3.63, 3.8) is 0 Å². The normalized spacial score (nSPS) is 21.5. The van der Waals surface area contributed by atoms with Gasteiger partial charge in [0.15, 0.2) is 0 Å². The lowest BCUT2D eigenvalue weighted by molar-refractivity contribution is 0.474. The standard InChI is InChI=1S/C11H14ClNOS/c1-3-11(12)13-7(2)15-10-6-8(14)4-5-9(10)13/h4-7,11,14H,3H2,1-2H3. The zero-order valence-corrected chi connectivity index (χ0v) is 10.3. The second kappa shape index (κ2) is 4.14. The Hall–Kier alpha value is -0.540. The summed E-state index contributed by atoms with van der Waals surface area (Å²) in [5, 5.41) is 9.74. The molecule has 0 saturated carbocycles. The van der Waals surface area contributed by atoms with E-state index in [-0.39, 0.29) is 5.50 Å². The molecule has 0 saturated heterocycles. The Labute approximate surface area is 99.2 Å². The van der Waals surface area contributed by atoms with Crippen LogP contribution in [-0.4, -0.2) is 16.0 Å². The minimum absolute atomic E-state index is 0.0262. The minimum Gasteiger partial charge on any atom is -0.508 e. The first-order valence-electron chi connectivity index (χ1n) is 5.05. The highest BCUT2D eigenvalue weighted by Crippen LogP contribution is 2.46. The monoisotopic (exact) mass is 243 g/mol. The van der Waals surface area contributed by atoms with Crippen LogP contribution in [0.1, 0.15) is 20.3 Å². The second-order valence-corrected chi connectivity index (χ2v) is 5.48. The Morgan fingerprint density at radius 1 is 1.60 bits per heavy atom. The van der Waals surface area contributed by atoms with Crippen molar-refractivity contribution in [1.29, 1.82) is 0 Å². The third-order valence-corrected chi connectivity index (χ3v) is 4.22. The summed E-state index contributed by atoms with van der Waals surface area (Å²) >= 11 is 8.02. The van der Waals surface area contributed by atoms with Crippen molar-refractivity contribution in [1.82, 2.24) is 0 Å². The van der Waals surface area contributed by atoms with Gasteiger partial charge in [0.1, 0.15) is 11.3 Å². The molecule has 0 bridgehead atoms. The predicted molar refractivity (Wildman–Crippen MR) is 65.8 cm³/mol. The van der Waals surface area contributed by atoms with Crippen LogP contribution in [0, 0.1) is 0 Å². The van der Waals surface area contributed by atoms with Gasteiger partial charge in [0, 0.05) is 4.90 Å². The molecule has 2 rings (SSSR count). The van der Waals surface area contributed by atoms with Gasteiger partial charge in [0.05, 0.1) is 11.1 Å². The van der Waals surface area contributed by atoms with E-state index in [9.17, 15) is 5.11 Å². The van der Waals surface area contributed by atoms with Crippen LogP contribution >= 0.6 is 23.4 Å². The molecule has 2 unspecified atom stereocenters. The van der Waals surface area contributed by atoms with Crippen LogP contribution in [0.4, 0.5) is 5.69 Å². The molecule has 1 aromatic rings. The van der Waals surface area contributed by atoms with E-state index in [0.29, 0.717) is 11.1 Å². The summed E-state index contributed by atoms with van der Waals surface area (Å²) in [6.07, 6.45) is 0.909. The van der Waals surface area contributed by atoms with Crippen LogP contribution in [0.5, 0.6) is 5.75 Å². The third-order valence-electron chi connectivity index (χ3n) is 2.55. The Morgan fingerprint density at radius 2 is 2.33 bits per heavy atom. The Balaban J connectivity index is 2.37. The summed E-state index contributed by atoms with van der Waals surface area (Å²) in [7, 11) is 0. The minimum atomic E-state index is 0.0262. The van der Waals surface area contributed by atoms with Crippen LogP contribution in [0.3, 0.4) is 0 Å². The van der Waals surface area contributed by atoms with Crippen molar-refractivity contribution < 1.29 is 5.11 Å². The number of anilines is 1. The van der Waals surface area contributed by atoms with Crippen molar-refractivity contribution in [3.05, 3.63) is 18.2 Å². The summed E-state index contributed by atoms with van der Waals surface area (Å²) in [6, 6.07) is 5.45. The number of benzene rings is 1. The largest absolute Gasteiger partial charge is 0.508 e. The first-order valence-corrected chi connectivity index (χ1v) is 6.37. The first-order chi connectivity index (χ1) is 7.13. The number of aromatic hydroxyl groups is 1. The molecule has 2 atom stereocenters. The van der Waals surface area contributed by atoms with Crippen molar-refractivity contribution in [2.45, 2.75) is 36.0 Å². The van der Waals surface area contributed by atoms with E-state index in [1.165, 1.54) is 0 Å². The van der Waals surface area contributed by atoms with Gasteiger partial charge in [-0.1, -0.05) is 30.3 Å². The molecule has 0 aliphatic carbocycles. The molecular formula is C11H14ClNOS. The molecular weight excluding hydrogens is 230 g/mol. The molecule has 4 heteroatoms. The lowest BCUT2D eigenvalue weighted by atomic mass is 10.2. The van der Waals surface area contributed by atoms with Gasteiger partial charge in [0.25, 0.3) is 0 Å². The van der Waals surface area contributed by atoms with Gasteiger partial charge in [-0.3, -0.25) is 0 Å². The molecule has 15 heavy (non-hydrogen) atoms. The number of alkyl halides is 1. The van der Waals surface area contributed by atoms with Gasteiger partial charge in [-0.2, -0.15) is 0 Å². The fourth-order valence-corrected chi connectivity index (χ4v) is 3.39. The van der Waals surface area contributed by atoms with Crippen LogP contribution in [0.2, 0.25) is 0 Å². The molecule has 82 valence electrons. The molecule has 1 aliphatic heterocycles. The predicted octanol–water partition coefficient (Wildman–Crippen LogP) is 3.63. The quantitative estimate of drug-likeness (QED) is 0.634. The molecule has 0 fully saturated rings. The fraction of sp³-hybridized carbons (Fsp3) is 0.455. The number of phenols is 1.